The summed E-state index contributed by atoms with van der Waals surface area (Å²) in [7, 11) is 0. The van der Waals surface area contributed by atoms with E-state index in [1.807, 2.05) is 31.2 Å². The number of thiocarbonyl (C=S) groups is 1. The Morgan fingerprint density at radius 2 is 2.13 bits per heavy atom. The molecule has 1 aromatic rings. The zero-order valence-corrected chi connectivity index (χ0v) is 10.9. The van der Waals surface area contributed by atoms with Crippen molar-refractivity contribution in [2.75, 3.05) is 0 Å². The summed E-state index contributed by atoms with van der Waals surface area (Å²) in [6.45, 7) is 1.99. The molecule has 15 heavy (non-hydrogen) atoms. The Hall–Kier alpha value is -0.320. The van der Waals surface area contributed by atoms with Crippen molar-refractivity contribution in [2.45, 2.75) is 24.7 Å². The maximum absolute atomic E-state index is 11.5. The van der Waals surface area contributed by atoms with Gasteiger partial charge in [-0.2, -0.15) is 0 Å². The van der Waals surface area contributed by atoms with Crippen LogP contribution < -0.4 is 0 Å². The number of hydrogen-bond donors (Lipinski definition) is 1. The van der Waals surface area contributed by atoms with Gasteiger partial charge in [-0.05, 0) is 12.5 Å². The van der Waals surface area contributed by atoms with E-state index in [0.717, 1.165) is 16.9 Å². The van der Waals surface area contributed by atoms with Gasteiger partial charge in [0.25, 0.3) is 0 Å². The predicted molar refractivity (Wildman–Crippen MR) is 72.9 cm³/mol. The van der Waals surface area contributed by atoms with Crippen LogP contribution in [0.4, 0.5) is 0 Å². The van der Waals surface area contributed by atoms with Crippen molar-refractivity contribution in [2.24, 2.45) is 0 Å². The summed E-state index contributed by atoms with van der Waals surface area (Å²) in [4.78, 5) is 12.4. The molecule has 0 saturated carbocycles. The van der Waals surface area contributed by atoms with Gasteiger partial charge >= 0.3 is 0 Å². The van der Waals surface area contributed by atoms with Crippen molar-refractivity contribution in [3.05, 3.63) is 29.8 Å². The first-order chi connectivity index (χ1) is 7.15. The van der Waals surface area contributed by atoms with Gasteiger partial charge in [0.1, 0.15) is 0 Å². The average molecular weight is 256 g/mol. The number of benzene rings is 1. The van der Waals surface area contributed by atoms with Crippen molar-refractivity contribution >= 4 is 45.9 Å². The number of carbonyl (C=O) groups excluding carboxylic acids is 1. The third-order valence-electron chi connectivity index (χ3n) is 1.80. The molecule has 4 heteroatoms. The van der Waals surface area contributed by atoms with E-state index in [1.165, 1.54) is 11.8 Å². The molecule has 0 heterocycles. The molecule has 0 aliphatic rings. The van der Waals surface area contributed by atoms with Gasteiger partial charge in [-0.25, -0.2) is 0 Å². The molecule has 0 aliphatic carbocycles. The molecule has 0 unspecified atom stereocenters. The second kappa shape index (κ2) is 6.30. The third kappa shape index (κ3) is 3.97. The fraction of sp³-hybridized carbons (Fsp3) is 0.273. The number of thiol groups is 1. The molecule has 0 saturated heterocycles. The van der Waals surface area contributed by atoms with Crippen LogP contribution in [0.3, 0.4) is 0 Å². The smallest absolute Gasteiger partial charge is 0.193 e. The van der Waals surface area contributed by atoms with Gasteiger partial charge in [-0.15, -0.1) is 12.6 Å². The van der Waals surface area contributed by atoms with E-state index in [-0.39, 0.29) is 5.12 Å². The number of rotatable bonds is 4. The highest BCUT2D eigenvalue weighted by atomic mass is 32.2. The van der Waals surface area contributed by atoms with Gasteiger partial charge in [0.15, 0.2) is 5.12 Å². The monoisotopic (exact) mass is 256 g/mol. The summed E-state index contributed by atoms with van der Waals surface area (Å²) in [5.41, 5.74) is 0.866. The normalized spacial score (nSPS) is 10.0. The maximum Gasteiger partial charge on any atom is 0.193 e. The predicted octanol–water partition coefficient (Wildman–Crippen LogP) is 3.71. The fourth-order valence-electron chi connectivity index (χ4n) is 1.11. The van der Waals surface area contributed by atoms with Crippen LogP contribution in [0.1, 0.15) is 25.3 Å². The minimum Gasteiger partial charge on any atom is -0.287 e. The first-order valence-corrected chi connectivity index (χ1v) is 6.35. The summed E-state index contributed by atoms with van der Waals surface area (Å²) < 4.78 is 0.530. The van der Waals surface area contributed by atoms with Crippen molar-refractivity contribution in [3.63, 3.8) is 0 Å². The molecule has 0 aromatic heterocycles. The quantitative estimate of drug-likeness (QED) is 0.503. The molecular formula is C11H12OS3. The van der Waals surface area contributed by atoms with E-state index in [0.29, 0.717) is 10.6 Å². The van der Waals surface area contributed by atoms with Crippen molar-refractivity contribution < 1.29 is 4.79 Å². The molecule has 0 bridgehead atoms. The van der Waals surface area contributed by atoms with Crippen LogP contribution in [0, 0.1) is 0 Å². The molecule has 0 fully saturated rings. The van der Waals surface area contributed by atoms with Crippen LogP contribution in [-0.4, -0.2) is 9.31 Å². The summed E-state index contributed by atoms with van der Waals surface area (Å²) in [5, 5.41) is 0.175. The minimum atomic E-state index is 0.175. The van der Waals surface area contributed by atoms with Crippen molar-refractivity contribution in [3.8, 4) is 0 Å². The van der Waals surface area contributed by atoms with Gasteiger partial charge in [0.05, 0.1) is 4.20 Å². The van der Waals surface area contributed by atoms with E-state index in [1.54, 1.807) is 0 Å². The van der Waals surface area contributed by atoms with E-state index in [9.17, 15) is 4.79 Å². The number of carbonyl (C=O) groups is 1. The molecular weight excluding hydrogens is 244 g/mol. The third-order valence-corrected chi connectivity index (χ3v) is 3.26. The number of thioether (sulfide) groups is 1. The van der Waals surface area contributed by atoms with Crippen LogP contribution in [0.2, 0.25) is 0 Å². The zero-order valence-electron chi connectivity index (χ0n) is 8.40. The molecule has 80 valence electrons. The highest BCUT2D eigenvalue weighted by molar-refractivity contribution is 8.14. The molecule has 0 aliphatic heterocycles. The average Bonchev–Trinajstić information content (AvgIpc) is 2.18. The van der Waals surface area contributed by atoms with Crippen molar-refractivity contribution in [1.29, 1.82) is 0 Å². The lowest BCUT2D eigenvalue weighted by molar-refractivity contribution is -0.111. The largest absolute Gasteiger partial charge is 0.287 e. The molecule has 0 spiro atoms. The van der Waals surface area contributed by atoms with Crippen LogP contribution in [-0.2, 0) is 4.79 Å². The standard InChI is InChI=1S/C11H12OS3/c1-2-5-10(12)15-9-7-4-3-6-8(9)11(13)14/h3-4,6-7H,2,5H2,1H3,(H,13,14). The van der Waals surface area contributed by atoms with Gasteiger partial charge in [0, 0.05) is 16.9 Å². The van der Waals surface area contributed by atoms with Gasteiger partial charge in [-0.3, -0.25) is 4.79 Å². The Balaban J connectivity index is 2.84. The van der Waals surface area contributed by atoms with Gasteiger partial charge < -0.3 is 0 Å². The summed E-state index contributed by atoms with van der Waals surface area (Å²) in [6, 6.07) is 7.58. The molecule has 0 amide bonds. The first-order valence-electron chi connectivity index (χ1n) is 4.68. The maximum atomic E-state index is 11.5. The Bertz CT molecular complexity index is 374. The molecule has 0 N–H and O–H groups in total. The molecule has 0 atom stereocenters. The summed E-state index contributed by atoms with van der Waals surface area (Å²) >= 11 is 10.4. The second-order valence-electron chi connectivity index (χ2n) is 3.03. The van der Waals surface area contributed by atoms with Crippen molar-refractivity contribution in [1.82, 2.24) is 0 Å². The molecule has 1 rings (SSSR count). The lowest BCUT2D eigenvalue weighted by atomic mass is 10.2. The van der Waals surface area contributed by atoms with Crippen LogP contribution >= 0.6 is 36.6 Å². The van der Waals surface area contributed by atoms with E-state index in [4.69, 9.17) is 12.2 Å². The Morgan fingerprint density at radius 3 is 2.73 bits per heavy atom. The van der Waals surface area contributed by atoms with Gasteiger partial charge in [0.2, 0.25) is 0 Å². The van der Waals surface area contributed by atoms with Crippen LogP contribution in [0.15, 0.2) is 29.2 Å². The van der Waals surface area contributed by atoms with Gasteiger partial charge in [-0.1, -0.05) is 49.1 Å². The topological polar surface area (TPSA) is 17.1 Å². The molecule has 0 radical (unpaired) electrons. The fourth-order valence-corrected chi connectivity index (χ4v) is 2.60. The zero-order chi connectivity index (χ0) is 11.3. The minimum absolute atomic E-state index is 0.175. The Morgan fingerprint density at radius 1 is 1.47 bits per heavy atom. The summed E-state index contributed by atoms with van der Waals surface area (Å²) in [6.07, 6.45) is 1.47. The SMILES string of the molecule is CCCC(=O)Sc1ccccc1C(=S)S. The Labute approximate surface area is 105 Å². The molecule has 1 aromatic carbocycles. The van der Waals surface area contributed by atoms with E-state index >= 15 is 0 Å². The van der Waals surface area contributed by atoms with E-state index < -0.39 is 0 Å². The lowest BCUT2D eigenvalue weighted by Crippen LogP contribution is -1.95. The second-order valence-corrected chi connectivity index (χ2v) is 5.28. The first kappa shape index (κ1) is 12.7. The summed E-state index contributed by atoms with van der Waals surface area (Å²) in [5.74, 6) is 0. The van der Waals surface area contributed by atoms with Crippen LogP contribution in [0.25, 0.3) is 0 Å². The lowest BCUT2D eigenvalue weighted by Gasteiger charge is -2.05. The molecule has 1 nitrogen and oxygen atoms in total. The van der Waals surface area contributed by atoms with Crippen LogP contribution in [0.5, 0.6) is 0 Å². The Kier molecular flexibility index (Phi) is 5.36. The van der Waals surface area contributed by atoms with E-state index in [2.05, 4.69) is 12.6 Å². The highest BCUT2D eigenvalue weighted by Gasteiger charge is 2.09. The number of hydrogen-bond acceptors (Lipinski definition) is 3. The highest BCUT2D eigenvalue weighted by Crippen LogP contribution is 2.26.